The first-order chi connectivity index (χ1) is 11.0. The van der Waals surface area contributed by atoms with Gasteiger partial charge in [-0.05, 0) is 36.6 Å². The van der Waals surface area contributed by atoms with Crippen molar-refractivity contribution in [3.63, 3.8) is 0 Å². The van der Waals surface area contributed by atoms with Crippen LogP contribution in [-0.2, 0) is 22.2 Å². The molecule has 0 bridgehead atoms. The van der Waals surface area contributed by atoms with E-state index in [1.807, 2.05) is 49.4 Å². The topological polar surface area (TPSA) is 74.8 Å². The third kappa shape index (κ3) is 4.18. The van der Waals surface area contributed by atoms with Crippen molar-refractivity contribution >= 4 is 21.1 Å². The second-order valence-electron chi connectivity index (χ2n) is 5.65. The first-order valence-corrected chi connectivity index (χ1v) is 9.12. The average molecular weight is 329 g/mol. The number of nitrogens with zero attached hydrogens (tertiary/aromatic N) is 1. The van der Waals surface area contributed by atoms with E-state index >= 15 is 0 Å². The summed E-state index contributed by atoms with van der Waals surface area (Å²) < 4.78 is 27.0. The molecule has 0 atom stereocenters. The monoisotopic (exact) mass is 329 g/mol. The summed E-state index contributed by atoms with van der Waals surface area (Å²) in [6.45, 7) is 2.34. The quantitative estimate of drug-likeness (QED) is 0.730. The normalized spacial score (nSPS) is 11.9. The van der Waals surface area contributed by atoms with Gasteiger partial charge < -0.3 is 4.98 Å². The lowest BCUT2D eigenvalue weighted by Crippen LogP contribution is -2.27. The van der Waals surface area contributed by atoms with Crippen molar-refractivity contribution in [2.45, 2.75) is 19.1 Å². The molecule has 3 aromatic rings. The van der Waals surface area contributed by atoms with E-state index in [4.69, 9.17) is 0 Å². The summed E-state index contributed by atoms with van der Waals surface area (Å²) in [5.41, 5.74) is 4.81. The summed E-state index contributed by atoms with van der Waals surface area (Å²) in [5.74, 6) is 0.00820. The van der Waals surface area contributed by atoms with Crippen LogP contribution in [0.4, 0.5) is 0 Å². The third-order valence-corrected chi connectivity index (χ3v) is 5.02. The van der Waals surface area contributed by atoms with Gasteiger partial charge in [0, 0.05) is 6.54 Å². The number of sulfonamides is 1. The van der Waals surface area contributed by atoms with Crippen LogP contribution < -0.4 is 4.72 Å². The number of H-pyrrole nitrogens is 1. The first-order valence-electron chi connectivity index (χ1n) is 7.47. The second-order valence-corrected chi connectivity index (χ2v) is 7.45. The molecule has 1 heterocycles. The first kappa shape index (κ1) is 15.7. The molecule has 0 aliphatic heterocycles. The van der Waals surface area contributed by atoms with Gasteiger partial charge in [0.2, 0.25) is 10.0 Å². The molecule has 23 heavy (non-hydrogen) atoms. The second kappa shape index (κ2) is 6.52. The predicted molar refractivity (Wildman–Crippen MR) is 91.6 cm³/mol. The van der Waals surface area contributed by atoms with Crippen molar-refractivity contribution in [1.29, 1.82) is 0 Å². The Morgan fingerprint density at radius 3 is 2.83 bits per heavy atom. The molecule has 0 radical (unpaired) electrons. The molecule has 0 saturated heterocycles. The van der Waals surface area contributed by atoms with Gasteiger partial charge in [0.05, 0.1) is 23.1 Å². The van der Waals surface area contributed by atoms with E-state index in [0.29, 0.717) is 13.0 Å². The molecule has 0 aliphatic carbocycles. The number of hydrogen-bond donors (Lipinski definition) is 2. The van der Waals surface area contributed by atoms with Crippen LogP contribution in [0.2, 0.25) is 0 Å². The Balaban J connectivity index is 1.58. The zero-order chi connectivity index (χ0) is 16.3. The molecular formula is C17H19N3O2S. The van der Waals surface area contributed by atoms with Gasteiger partial charge in [0.15, 0.2) is 0 Å². The average Bonchev–Trinajstić information content (AvgIpc) is 2.94. The maximum Gasteiger partial charge on any atom is 0.215 e. The maximum absolute atomic E-state index is 12.1. The highest BCUT2D eigenvalue weighted by atomic mass is 32.2. The minimum Gasteiger partial charge on any atom is -0.345 e. The summed E-state index contributed by atoms with van der Waals surface area (Å²) in [7, 11) is -3.32. The van der Waals surface area contributed by atoms with E-state index in [9.17, 15) is 8.42 Å². The summed E-state index contributed by atoms with van der Waals surface area (Å²) in [6.07, 6.45) is 2.29. The van der Waals surface area contributed by atoms with Crippen molar-refractivity contribution in [2.24, 2.45) is 0 Å². The summed E-state index contributed by atoms with van der Waals surface area (Å²) in [6, 6.07) is 13.5. The zero-order valence-corrected chi connectivity index (χ0v) is 13.7. The van der Waals surface area contributed by atoms with Crippen LogP contribution in [0.5, 0.6) is 0 Å². The number of nitrogens with one attached hydrogen (secondary N) is 2. The molecule has 0 aliphatic rings. The van der Waals surface area contributed by atoms with Gasteiger partial charge in [-0.25, -0.2) is 18.1 Å². The minimum absolute atomic E-state index is 0.00820. The number of aryl methyl sites for hydroxylation is 1. The number of hydrogen-bond acceptors (Lipinski definition) is 3. The molecular weight excluding hydrogens is 310 g/mol. The number of aromatic amines is 1. The fourth-order valence-corrected chi connectivity index (χ4v) is 3.70. The fraction of sp³-hybridized carbons (Fsp3) is 0.235. The lowest BCUT2D eigenvalue weighted by atomic mass is 10.1. The van der Waals surface area contributed by atoms with Gasteiger partial charge >= 0.3 is 0 Å². The molecule has 120 valence electrons. The largest absolute Gasteiger partial charge is 0.345 e. The molecule has 0 spiro atoms. The van der Waals surface area contributed by atoms with Crippen molar-refractivity contribution in [3.8, 4) is 0 Å². The van der Waals surface area contributed by atoms with Gasteiger partial charge in [-0.2, -0.15) is 0 Å². The van der Waals surface area contributed by atoms with E-state index in [2.05, 4.69) is 14.7 Å². The molecule has 0 unspecified atom stereocenters. The van der Waals surface area contributed by atoms with Gasteiger partial charge in [0.25, 0.3) is 0 Å². The van der Waals surface area contributed by atoms with Gasteiger partial charge in [0.1, 0.15) is 0 Å². The molecule has 6 heteroatoms. The van der Waals surface area contributed by atoms with Crippen LogP contribution in [0, 0.1) is 6.92 Å². The van der Waals surface area contributed by atoms with Crippen molar-refractivity contribution in [1.82, 2.24) is 14.7 Å². The Bertz CT molecular complexity index is 916. The Kier molecular flexibility index (Phi) is 4.45. The maximum atomic E-state index is 12.1. The number of aromatic nitrogens is 2. The number of rotatable bonds is 6. The Morgan fingerprint density at radius 1 is 1.13 bits per heavy atom. The molecule has 3 rings (SSSR count). The summed E-state index contributed by atoms with van der Waals surface area (Å²) in [4.78, 5) is 7.22. The Hall–Kier alpha value is -2.18. The van der Waals surface area contributed by atoms with Crippen molar-refractivity contribution in [3.05, 3.63) is 65.5 Å². The number of fused-ring (bicyclic) bond motifs is 1. The van der Waals surface area contributed by atoms with Crippen LogP contribution in [-0.4, -0.2) is 24.9 Å². The van der Waals surface area contributed by atoms with E-state index in [1.54, 1.807) is 6.33 Å². The highest BCUT2D eigenvalue weighted by Crippen LogP contribution is 2.12. The van der Waals surface area contributed by atoms with Crippen LogP contribution in [0.1, 0.15) is 16.7 Å². The van der Waals surface area contributed by atoms with Crippen LogP contribution in [0.3, 0.4) is 0 Å². The fourth-order valence-electron chi connectivity index (χ4n) is 2.56. The molecule has 0 saturated carbocycles. The van der Waals surface area contributed by atoms with Crippen LogP contribution >= 0.6 is 0 Å². The number of imidazole rings is 1. The predicted octanol–water partition coefficient (Wildman–Crippen LogP) is 2.53. The summed E-state index contributed by atoms with van der Waals surface area (Å²) in [5, 5.41) is 0. The SMILES string of the molecule is Cc1cccc(CS(=O)(=O)NCCc2ccc3nc[nH]c3c2)c1. The van der Waals surface area contributed by atoms with Gasteiger partial charge in [-0.1, -0.05) is 35.9 Å². The number of benzene rings is 2. The lowest BCUT2D eigenvalue weighted by molar-refractivity contribution is 0.581. The van der Waals surface area contributed by atoms with Crippen LogP contribution in [0.25, 0.3) is 11.0 Å². The van der Waals surface area contributed by atoms with E-state index in [-0.39, 0.29) is 5.75 Å². The molecule has 0 fully saturated rings. The van der Waals surface area contributed by atoms with E-state index < -0.39 is 10.0 Å². The third-order valence-electron chi connectivity index (χ3n) is 3.66. The standard InChI is InChI=1S/C17H19N3O2S/c1-13-3-2-4-15(9-13)11-23(21,22)20-8-7-14-5-6-16-17(10-14)19-12-18-16/h2-6,9-10,12,20H,7-8,11H2,1H3,(H,18,19). The van der Waals surface area contributed by atoms with Crippen LogP contribution in [0.15, 0.2) is 48.8 Å². The highest BCUT2D eigenvalue weighted by Gasteiger charge is 2.11. The smallest absolute Gasteiger partial charge is 0.215 e. The van der Waals surface area contributed by atoms with Gasteiger partial charge in [-0.3, -0.25) is 0 Å². The molecule has 2 N–H and O–H groups in total. The highest BCUT2D eigenvalue weighted by molar-refractivity contribution is 7.88. The van der Waals surface area contributed by atoms with Crippen molar-refractivity contribution < 1.29 is 8.42 Å². The summed E-state index contributed by atoms with van der Waals surface area (Å²) >= 11 is 0. The van der Waals surface area contributed by atoms with Gasteiger partial charge in [-0.15, -0.1) is 0 Å². The van der Waals surface area contributed by atoms with E-state index in [0.717, 1.165) is 27.7 Å². The minimum atomic E-state index is -3.32. The molecule has 2 aromatic carbocycles. The zero-order valence-electron chi connectivity index (χ0n) is 12.9. The molecule has 1 aromatic heterocycles. The Morgan fingerprint density at radius 2 is 2.00 bits per heavy atom. The van der Waals surface area contributed by atoms with E-state index in [1.165, 1.54) is 0 Å². The van der Waals surface area contributed by atoms with Crippen molar-refractivity contribution in [2.75, 3.05) is 6.54 Å². The molecule has 0 amide bonds. The molecule has 5 nitrogen and oxygen atoms in total. The lowest BCUT2D eigenvalue weighted by Gasteiger charge is -2.07. The Labute approximate surface area is 135 Å².